The quantitative estimate of drug-likeness (QED) is 0.581. The lowest BCUT2D eigenvalue weighted by molar-refractivity contribution is 0.147. The largest absolute Gasteiger partial charge is 0.383 e. The van der Waals surface area contributed by atoms with Crippen molar-refractivity contribution in [2.75, 3.05) is 30.8 Å². The second kappa shape index (κ2) is 8.42. The first kappa shape index (κ1) is 16.3. The number of H-pyrrole nitrogens is 1. The predicted octanol–water partition coefficient (Wildman–Crippen LogP) is 0.757. The molecule has 0 radical (unpaired) electrons. The Morgan fingerprint density at radius 2 is 2.05 bits per heavy atom. The van der Waals surface area contributed by atoms with E-state index in [1.807, 2.05) is 13.8 Å². The summed E-state index contributed by atoms with van der Waals surface area (Å²) >= 11 is 0. The number of nitrogens with two attached hydrogens (primary N) is 1. The molecule has 7 nitrogen and oxygen atoms in total. The molecular weight excluding hydrogens is 260 g/mol. The van der Waals surface area contributed by atoms with Crippen molar-refractivity contribution in [3.8, 4) is 0 Å². The highest BCUT2D eigenvalue weighted by atomic mass is 16.5. The molecule has 114 valence electrons. The fraction of sp³-hybridized carbons (Fsp3) is 0.692. The Kier molecular flexibility index (Phi) is 6.86. The van der Waals surface area contributed by atoms with Crippen LogP contribution < -0.4 is 22.3 Å². The van der Waals surface area contributed by atoms with Crippen molar-refractivity contribution >= 4 is 11.5 Å². The zero-order chi connectivity index (χ0) is 15.0. The SMILES string of the molecule is CCCCn1c(N)c(NCCCOCC)c(=O)[nH]c1=O. The van der Waals surface area contributed by atoms with Crippen LogP contribution in [0.5, 0.6) is 0 Å². The van der Waals surface area contributed by atoms with E-state index in [2.05, 4.69) is 10.3 Å². The first-order valence-corrected chi connectivity index (χ1v) is 7.06. The van der Waals surface area contributed by atoms with Gasteiger partial charge in [0.1, 0.15) is 11.5 Å². The van der Waals surface area contributed by atoms with E-state index < -0.39 is 11.2 Å². The Bertz CT molecular complexity index is 521. The number of hydrogen-bond donors (Lipinski definition) is 3. The predicted molar refractivity (Wildman–Crippen MR) is 80.2 cm³/mol. The maximum Gasteiger partial charge on any atom is 0.330 e. The zero-order valence-electron chi connectivity index (χ0n) is 12.2. The van der Waals surface area contributed by atoms with Gasteiger partial charge in [0.25, 0.3) is 5.56 Å². The molecular formula is C13H24N4O3. The van der Waals surface area contributed by atoms with Gasteiger partial charge in [0.15, 0.2) is 0 Å². The Balaban J connectivity index is 2.79. The molecule has 0 aliphatic carbocycles. The number of anilines is 2. The lowest BCUT2D eigenvalue weighted by Crippen LogP contribution is -2.34. The van der Waals surface area contributed by atoms with Crippen molar-refractivity contribution in [3.63, 3.8) is 0 Å². The molecule has 1 aromatic heterocycles. The maximum atomic E-state index is 11.8. The van der Waals surface area contributed by atoms with Crippen LogP contribution in [0.15, 0.2) is 9.59 Å². The van der Waals surface area contributed by atoms with Gasteiger partial charge in [-0.15, -0.1) is 0 Å². The summed E-state index contributed by atoms with van der Waals surface area (Å²) in [5.74, 6) is 0.198. The Morgan fingerprint density at radius 1 is 1.30 bits per heavy atom. The highest BCUT2D eigenvalue weighted by Gasteiger charge is 2.11. The fourth-order valence-electron chi connectivity index (χ4n) is 1.83. The van der Waals surface area contributed by atoms with E-state index in [1.54, 1.807) is 0 Å². The van der Waals surface area contributed by atoms with Gasteiger partial charge in [-0.3, -0.25) is 14.3 Å². The minimum absolute atomic E-state index is 0.198. The van der Waals surface area contributed by atoms with E-state index in [9.17, 15) is 9.59 Å². The zero-order valence-corrected chi connectivity index (χ0v) is 12.2. The van der Waals surface area contributed by atoms with Gasteiger partial charge in [-0.25, -0.2) is 4.79 Å². The van der Waals surface area contributed by atoms with E-state index in [1.165, 1.54) is 4.57 Å². The summed E-state index contributed by atoms with van der Waals surface area (Å²) in [5, 5.41) is 2.98. The number of nitrogens with one attached hydrogen (secondary N) is 2. The average Bonchev–Trinajstić information content (AvgIpc) is 2.41. The van der Waals surface area contributed by atoms with Crippen LogP contribution in [0.3, 0.4) is 0 Å². The van der Waals surface area contributed by atoms with Crippen LogP contribution in [0.1, 0.15) is 33.1 Å². The molecule has 0 fully saturated rings. The Labute approximate surface area is 118 Å². The van der Waals surface area contributed by atoms with Crippen LogP contribution >= 0.6 is 0 Å². The number of rotatable bonds is 9. The molecule has 0 saturated heterocycles. The lowest BCUT2D eigenvalue weighted by Gasteiger charge is -2.13. The van der Waals surface area contributed by atoms with Crippen LogP contribution in [-0.4, -0.2) is 29.3 Å². The summed E-state index contributed by atoms with van der Waals surface area (Å²) in [4.78, 5) is 25.8. The van der Waals surface area contributed by atoms with Gasteiger partial charge >= 0.3 is 5.69 Å². The summed E-state index contributed by atoms with van der Waals surface area (Å²) in [7, 11) is 0. The molecule has 1 heterocycles. The van der Waals surface area contributed by atoms with Crippen molar-refractivity contribution < 1.29 is 4.74 Å². The van der Waals surface area contributed by atoms with E-state index in [4.69, 9.17) is 10.5 Å². The number of ether oxygens (including phenoxy) is 1. The molecule has 1 aromatic rings. The molecule has 0 spiro atoms. The van der Waals surface area contributed by atoms with Crippen molar-refractivity contribution in [2.45, 2.75) is 39.7 Å². The molecule has 0 unspecified atom stereocenters. The smallest absolute Gasteiger partial charge is 0.330 e. The van der Waals surface area contributed by atoms with Crippen molar-refractivity contribution in [1.82, 2.24) is 9.55 Å². The van der Waals surface area contributed by atoms with Crippen molar-refractivity contribution in [1.29, 1.82) is 0 Å². The Morgan fingerprint density at radius 3 is 2.70 bits per heavy atom. The maximum absolute atomic E-state index is 11.8. The molecule has 20 heavy (non-hydrogen) atoms. The standard InChI is InChI=1S/C13H24N4O3/c1-3-5-8-17-11(14)10(12(18)16-13(17)19)15-7-6-9-20-4-2/h15H,3-9,14H2,1-2H3,(H,16,18,19). The molecule has 0 bridgehead atoms. The average molecular weight is 284 g/mol. The molecule has 0 amide bonds. The molecule has 0 aromatic carbocycles. The van der Waals surface area contributed by atoms with Crippen LogP contribution in [0.4, 0.5) is 11.5 Å². The van der Waals surface area contributed by atoms with Crippen molar-refractivity contribution in [2.24, 2.45) is 0 Å². The van der Waals surface area contributed by atoms with E-state index in [0.717, 1.165) is 19.3 Å². The van der Waals surface area contributed by atoms with Crippen molar-refractivity contribution in [3.05, 3.63) is 20.8 Å². The lowest BCUT2D eigenvalue weighted by atomic mass is 10.3. The molecule has 0 aliphatic rings. The van der Waals surface area contributed by atoms with Gasteiger partial charge < -0.3 is 15.8 Å². The minimum atomic E-state index is -0.475. The number of aromatic nitrogens is 2. The summed E-state index contributed by atoms with van der Waals surface area (Å²) in [5.41, 5.74) is 5.24. The molecule has 4 N–H and O–H groups in total. The highest BCUT2D eigenvalue weighted by molar-refractivity contribution is 5.60. The second-order valence-corrected chi connectivity index (χ2v) is 4.50. The minimum Gasteiger partial charge on any atom is -0.383 e. The third-order valence-electron chi connectivity index (χ3n) is 2.95. The third kappa shape index (κ3) is 4.41. The van der Waals surface area contributed by atoms with E-state index in [0.29, 0.717) is 26.3 Å². The van der Waals surface area contributed by atoms with Gasteiger partial charge in [0, 0.05) is 26.3 Å². The van der Waals surface area contributed by atoms with Gasteiger partial charge in [-0.1, -0.05) is 13.3 Å². The fourth-order valence-corrected chi connectivity index (χ4v) is 1.83. The molecule has 0 aliphatic heterocycles. The number of aromatic amines is 1. The number of unbranched alkanes of at least 4 members (excludes halogenated alkanes) is 1. The normalized spacial score (nSPS) is 10.7. The van der Waals surface area contributed by atoms with Crippen LogP contribution in [0.2, 0.25) is 0 Å². The summed E-state index contributed by atoms with van der Waals surface area (Å²) in [6, 6.07) is 0. The number of hydrogen-bond acceptors (Lipinski definition) is 5. The highest BCUT2D eigenvalue weighted by Crippen LogP contribution is 2.10. The summed E-state index contributed by atoms with van der Waals surface area (Å²) in [6.45, 7) is 6.33. The molecule has 1 rings (SSSR count). The monoisotopic (exact) mass is 284 g/mol. The first-order valence-electron chi connectivity index (χ1n) is 7.06. The first-order chi connectivity index (χ1) is 9.61. The van der Waals surface area contributed by atoms with Crippen LogP contribution in [0, 0.1) is 0 Å². The summed E-state index contributed by atoms with van der Waals surface area (Å²) in [6.07, 6.45) is 2.54. The van der Waals surface area contributed by atoms with E-state index >= 15 is 0 Å². The van der Waals surface area contributed by atoms with Gasteiger partial charge in [0.2, 0.25) is 0 Å². The van der Waals surface area contributed by atoms with E-state index in [-0.39, 0.29) is 11.5 Å². The molecule has 0 saturated carbocycles. The molecule has 0 atom stereocenters. The van der Waals surface area contributed by atoms with Gasteiger partial charge in [-0.2, -0.15) is 0 Å². The number of nitrogen functional groups attached to an aromatic ring is 1. The summed E-state index contributed by atoms with van der Waals surface area (Å²) < 4.78 is 6.61. The van der Waals surface area contributed by atoms with Crippen LogP contribution in [-0.2, 0) is 11.3 Å². The van der Waals surface area contributed by atoms with Crippen LogP contribution in [0.25, 0.3) is 0 Å². The second-order valence-electron chi connectivity index (χ2n) is 4.50. The van der Waals surface area contributed by atoms with Gasteiger partial charge in [0.05, 0.1) is 0 Å². The number of nitrogens with zero attached hydrogens (tertiary/aromatic N) is 1. The Hall–Kier alpha value is -1.76. The molecule has 7 heteroatoms. The van der Waals surface area contributed by atoms with Gasteiger partial charge in [-0.05, 0) is 19.8 Å². The topological polar surface area (TPSA) is 102 Å². The third-order valence-corrected chi connectivity index (χ3v) is 2.95.